The molecule has 0 bridgehead atoms. The lowest BCUT2D eigenvalue weighted by atomic mass is 10.2. The number of nitrogens with zero attached hydrogens (tertiary/aromatic N) is 3. The van der Waals surface area contributed by atoms with E-state index in [1.54, 1.807) is 0 Å². The average molecular weight is 364 g/mol. The number of benzene rings is 1. The molecule has 0 unspecified atom stereocenters. The summed E-state index contributed by atoms with van der Waals surface area (Å²) in [5.41, 5.74) is 0.251. The molecule has 0 saturated carbocycles. The highest BCUT2D eigenvalue weighted by Crippen LogP contribution is 2.19. The SMILES string of the molecule is O=C(NCCNc1cc(N2CCCC2)ncn1)c1ccc(F)cc1Cl. The van der Waals surface area contributed by atoms with Crippen LogP contribution in [0.5, 0.6) is 0 Å². The largest absolute Gasteiger partial charge is 0.368 e. The second-order valence-corrected chi connectivity index (χ2v) is 6.17. The molecule has 1 saturated heterocycles. The number of hydrogen-bond acceptors (Lipinski definition) is 5. The number of nitrogens with one attached hydrogen (secondary N) is 2. The van der Waals surface area contributed by atoms with Gasteiger partial charge in [0.1, 0.15) is 23.8 Å². The molecule has 8 heteroatoms. The average Bonchev–Trinajstić information content (AvgIpc) is 3.13. The van der Waals surface area contributed by atoms with Crippen LogP contribution >= 0.6 is 11.6 Å². The molecular formula is C17H19ClFN5O. The van der Waals surface area contributed by atoms with Crippen LogP contribution in [-0.4, -0.2) is 42.1 Å². The zero-order valence-electron chi connectivity index (χ0n) is 13.6. The van der Waals surface area contributed by atoms with Crippen molar-refractivity contribution >= 4 is 29.1 Å². The molecule has 6 nitrogen and oxygen atoms in total. The molecule has 0 atom stereocenters. The lowest BCUT2D eigenvalue weighted by Crippen LogP contribution is -2.29. The first-order valence-electron chi connectivity index (χ1n) is 8.17. The molecule has 1 aromatic heterocycles. The summed E-state index contributed by atoms with van der Waals surface area (Å²) in [5, 5.41) is 5.98. The van der Waals surface area contributed by atoms with Gasteiger partial charge in [0.05, 0.1) is 10.6 Å². The monoisotopic (exact) mass is 363 g/mol. The Morgan fingerprint density at radius 1 is 1.20 bits per heavy atom. The highest BCUT2D eigenvalue weighted by atomic mass is 35.5. The van der Waals surface area contributed by atoms with Gasteiger partial charge >= 0.3 is 0 Å². The maximum absolute atomic E-state index is 13.0. The van der Waals surface area contributed by atoms with E-state index in [0.717, 1.165) is 25.0 Å². The summed E-state index contributed by atoms with van der Waals surface area (Å²) in [7, 11) is 0. The van der Waals surface area contributed by atoms with Crippen LogP contribution in [-0.2, 0) is 0 Å². The van der Waals surface area contributed by atoms with E-state index in [1.807, 2.05) is 6.07 Å². The fourth-order valence-electron chi connectivity index (χ4n) is 2.70. The number of aromatic nitrogens is 2. The molecule has 2 N–H and O–H groups in total. The lowest BCUT2D eigenvalue weighted by Gasteiger charge is -2.16. The van der Waals surface area contributed by atoms with E-state index >= 15 is 0 Å². The van der Waals surface area contributed by atoms with Crippen molar-refractivity contribution in [3.63, 3.8) is 0 Å². The summed E-state index contributed by atoms with van der Waals surface area (Å²) in [5.74, 6) is 0.816. The summed E-state index contributed by atoms with van der Waals surface area (Å²) in [6, 6.07) is 5.60. The predicted molar refractivity (Wildman–Crippen MR) is 95.7 cm³/mol. The van der Waals surface area contributed by atoms with Gasteiger partial charge in [-0.05, 0) is 31.0 Å². The van der Waals surface area contributed by atoms with Crippen LogP contribution in [0.1, 0.15) is 23.2 Å². The standard InChI is InChI=1S/C17H19ClFN5O/c18-14-9-12(19)3-4-13(14)17(25)21-6-5-20-15-10-16(23-11-22-15)24-7-1-2-8-24/h3-4,9-11H,1-2,5-8H2,(H,21,25)(H,20,22,23). The Balaban J connectivity index is 1.48. The van der Waals surface area contributed by atoms with Crippen molar-refractivity contribution in [1.82, 2.24) is 15.3 Å². The van der Waals surface area contributed by atoms with E-state index in [1.165, 1.54) is 31.3 Å². The summed E-state index contributed by atoms with van der Waals surface area (Å²) in [4.78, 5) is 22.7. The van der Waals surface area contributed by atoms with Gasteiger partial charge in [-0.15, -0.1) is 0 Å². The van der Waals surface area contributed by atoms with Crippen LogP contribution in [0, 0.1) is 5.82 Å². The van der Waals surface area contributed by atoms with E-state index < -0.39 is 5.82 Å². The normalized spacial score (nSPS) is 13.8. The van der Waals surface area contributed by atoms with Crippen LogP contribution in [0.2, 0.25) is 5.02 Å². The Labute approximate surface area is 150 Å². The van der Waals surface area contributed by atoms with Crippen LogP contribution in [0.4, 0.5) is 16.0 Å². The zero-order valence-corrected chi connectivity index (χ0v) is 14.4. The molecule has 1 amide bonds. The van der Waals surface area contributed by atoms with Gasteiger partial charge in [-0.1, -0.05) is 11.6 Å². The summed E-state index contributed by atoms with van der Waals surface area (Å²) in [6.07, 6.45) is 3.91. The van der Waals surface area contributed by atoms with E-state index in [0.29, 0.717) is 18.9 Å². The molecule has 25 heavy (non-hydrogen) atoms. The van der Waals surface area contributed by atoms with Gasteiger partial charge in [-0.25, -0.2) is 14.4 Å². The molecule has 1 fully saturated rings. The van der Waals surface area contributed by atoms with Crippen LogP contribution in [0.15, 0.2) is 30.6 Å². The first-order chi connectivity index (χ1) is 12.1. The minimum absolute atomic E-state index is 0.0940. The number of carbonyl (C=O) groups excluding carboxylic acids is 1. The van der Waals surface area contributed by atoms with Gasteiger partial charge in [0, 0.05) is 32.2 Å². The van der Waals surface area contributed by atoms with Crippen LogP contribution in [0.25, 0.3) is 0 Å². The van der Waals surface area contributed by atoms with Crippen molar-refractivity contribution in [2.24, 2.45) is 0 Å². The van der Waals surface area contributed by atoms with Gasteiger partial charge in [0.15, 0.2) is 0 Å². The van der Waals surface area contributed by atoms with Gasteiger partial charge in [0.2, 0.25) is 0 Å². The number of anilines is 2. The lowest BCUT2D eigenvalue weighted by molar-refractivity contribution is 0.0955. The number of halogens is 2. The van der Waals surface area contributed by atoms with Gasteiger partial charge < -0.3 is 15.5 Å². The number of carbonyl (C=O) groups is 1. The molecule has 0 spiro atoms. The molecule has 0 aliphatic carbocycles. The molecule has 2 heterocycles. The third-order valence-corrected chi connectivity index (χ3v) is 4.29. The fraction of sp³-hybridized carbons (Fsp3) is 0.353. The first-order valence-corrected chi connectivity index (χ1v) is 8.55. The second-order valence-electron chi connectivity index (χ2n) is 5.76. The van der Waals surface area contributed by atoms with E-state index in [2.05, 4.69) is 25.5 Å². The molecular weight excluding hydrogens is 345 g/mol. The Morgan fingerprint density at radius 3 is 2.76 bits per heavy atom. The topological polar surface area (TPSA) is 70.2 Å². The van der Waals surface area contributed by atoms with E-state index in [4.69, 9.17) is 11.6 Å². The van der Waals surface area contributed by atoms with Crippen molar-refractivity contribution in [3.05, 3.63) is 47.0 Å². The highest BCUT2D eigenvalue weighted by molar-refractivity contribution is 6.33. The van der Waals surface area contributed by atoms with E-state index in [9.17, 15) is 9.18 Å². The zero-order chi connectivity index (χ0) is 17.6. The van der Waals surface area contributed by atoms with E-state index in [-0.39, 0.29) is 16.5 Å². The van der Waals surface area contributed by atoms with Gasteiger partial charge in [-0.2, -0.15) is 0 Å². The third kappa shape index (κ3) is 4.57. The number of hydrogen-bond donors (Lipinski definition) is 2. The molecule has 132 valence electrons. The Morgan fingerprint density at radius 2 is 2.00 bits per heavy atom. The van der Waals surface area contributed by atoms with Crippen molar-refractivity contribution in [2.75, 3.05) is 36.4 Å². The quantitative estimate of drug-likeness (QED) is 0.772. The Kier molecular flexibility index (Phi) is 5.65. The predicted octanol–water partition coefficient (Wildman–Crippen LogP) is 2.71. The summed E-state index contributed by atoms with van der Waals surface area (Å²) < 4.78 is 13.0. The molecule has 0 radical (unpaired) electrons. The Bertz CT molecular complexity index is 752. The Hall–Kier alpha value is -2.41. The van der Waals surface area contributed by atoms with Gasteiger partial charge in [-0.3, -0.25) is 4.79 Å². The third-order valence-electron chi connectivity index (χ3n) is 3.98. The smallest absolute Gasteiger partial charge is 0.252 e. The van der Waals surface area contributed by atoms with Gasteiger partial charge in [0.25, 0.3) is 5.91 Å². The maximum atomic E-state index is 13.0. The minimum Gasteiger partial charge on any atom is -0.368 e. The van der Waals surface area contributed by atoms with Crippen LogP contribution < -0.4 is 15.5 Å². The minimum atomic E-state index is -0.471. The number of rotatable bonds is 6. The fourth-order valence-corrected chi connectivity index (χ4v) is 2.95. The van der Waals surface area contributed by atoms with Crippen molar-refractivity contribution < 1.29 is 9.18 Å². The molecule has 2 aromatic rings. The molecule has 1 aliphatic rings. The first kappa shape index (κ1) is 17.4. The van der Waals surface area contributed by atoms with Crippen LogP contribution in [0.3, 0.4) is 0 Å². The highest BCUT2D eigenvalue weighted by Gasteiger charge is 2.14. The van der Waals surface area contributed by atoms with Crippen molar-refractivity contribution in [3.8, 4) is 0 Å². The van der Waals surface area contributed by atoms with Crippen molar-refractivity contribution in [2.45, 2.75) is 12.8 Å². The van der Waals surface area contributed by atoms with Crippen molar-refractivity contribution in [1.29, 1.82) is 0 Å². The number of amides is 1. The molecule has 1 aliphatic heterocycles. The summed E-state index contributed by atoms with van der Waals surface area (Å²) >= 11 is 5.87. The molecule has 3 rings (SSSR count). The second kappa shape index (κ2) is 8.11. The molecule has 1 aromatic carbocycles. The maximum Gasteiger partial charge on any atom is 0.252 e. The summed E-state index contributed by atoms with van der Waals surface area (Å²) in [6.45, 7) is 2.92.